The van der Waals surface area contributed by atoms with E-state index in [1.807, 2.05) is 0 Å². The Bertz CT molecular complexity index is 1010. The molecule has 0 heterocycles. The predicted molar refractivity (Wildman–Crippen MR) is 82.3 cm³/mol. The lowest BCUT2D eigenvalue weighted by Crippen LogP contribution is -2.42. The van der Waals surface area contributed by atoms with Crippen LogP contribution in [0.25, 0.3) is 0 Å². The van der Waals surface area contributed by atoms with Gasteiger partial charge in [-0.1, -0.05) is 31.2 Å². The summed E-state index contributed by atoms with van der Waals surface area (Å²) in [7, 11) is -0.506. The Morgan fingerprint density at radius 1 is 1.35 bits per heavy atom. The molecule has 3 nitrogen and oxygen atoms in total. The van der Waals surface area contributed by atoms with E-state index in [0.29, 0.717) is 0 Å². The molecule has 1 aromatic carbocycles. The Kier molecular flexibility index (Phi) is 1.47. The number of hydrogen-bond donors (Lipinski definition) is 1. The van der Waals surface area contributed by atoms with Gasteiger partial charge in [0.25, 0.3) is 0 Å². The largest absolute Gasteiger partial charge is 0.497 e. The third-order valence-corrected chi connectivity index (χ3v) is 2.76. The smallest absolute Gasteiger partial charge is 0.118 e. The monoisotopic (exact) mass is 294 g/mol. The molecule has 1 fully saturated rings. The van der Waals surface area contributed by atoms with Crippen LogP contribution in [0.5, 0.6) is 5.75 Å². The van der Waals surface area contributed by atoms with Gasteiger partial charge in [-0.25, -0.2) is 0 Å². The molecular weight excluding hydrogens is 250 g/mol. The quantitative estimate of drug-likeness (QED) is 0.906. The van der Waals surface area contributed by atoms with Gasteiger partial charge in [0.2, 0.25) is 0 Å². The van der Waals surface area contributed by atoms with Gasteiger partial charge >= 0.3 is 0 Å². The summed E-state index contributed by atoms with van der Waals surface area (Å²) in [5.74, 6) is -3.24. The Morgan fingerprint density at radius 3 is 2.55 bits per heavy atom. The Balaban J connectivity index is 3.08. The van der Waals surface area contributed by atoms with Gasteiger partial charge in [-0.05, 0) is 44.5 Å². The summed E-state index contributed by atoms with van der Waals surface area (Å²) >= 11 is 0. The van der Waals surface area contributed by atoms with E-state index in [1.165, 1.54) is 19.0 Å². The predicted octanol–water partition coefficient (Wildman–Crippen LogP) is 3.04. The van der Waals surface area contributed by atoms with Crippen LogP contribution in [0.2, 0.25) is 0 Å². The van der Waals surface area contributed by atoms with Crippen molar-refractivity contribution in [2.24, 2.45) is 0 Å². The van der Waals surface area contributed by atoms with Crippen LogP contribution in [-0.2, 0) is 0 Å². The number of methoxy groups -OCH3 is 1. The summed E-state index contributed by atoms with van der Waals surface area (Å²) in [6.45, 7) is -0.680. The van der Waals surface area contributed by atoms with Crippen molar-refractivity contribution in [3.05, 3.63) is 29.7 Å². The number of hydrogen-bond acceptors (Lipinski definition) is 3. The van der Waals surface area contributed by atoms with Crippen LogP contribution >= 0.6 is 0 Å². The highest BCUT2D eigenvalue weighted by atomic mass is 16.5. The van der Waals surface area contributed by atoms with E-state index in [9.17, 15) is 5.11 Å². The van der Waals surface area contributed by atoms with Gasteiger partial charge in [0.1, 0.15) is 5.75 Å². The Hall–Kier alpha value is -1.06. The summed E-state index contributed by atoms with van der Waals surface area (Å²) in [6.07, 6.45) is -19.4. The van der Waals surface area contributed by atoms with Crippen molar-refractivity contribution in [3.8, 4) is 5.75 Å². The zero-order chi connectivity index (χ0) is 29.5. The number of nitrogens with zero attached hydrogens (tertiary/aromatic N) is 1. The van der Waals surface area contributed by atoms with Crippen molar-refractivity contribution in [1.82, 2.24) is 4.90 Å². The fourth-order valence-corrected chi connectivity index (χ4v) is 1.82. The minimum absolute atomic E-state index is 0.680. The van der Waals surface area contributed by atoms with Crippen LogP contribution in [0, 0.1) is 0 Å². The summed E-state index contributed by atoms with van der Waals surface area (Å²) in [5, 5.41) is 11.8. The summed E-state index contributed by atoms with van der Waals surface area (Å²) < 4.78 is 142. The second kappa shape index (κ2) is 6.59. The first-order chi connectivity index (χ1) is 16.2. The van der Waals surface area contributed by atoms with Gasteiger partial charge in [0.05, 0.1) is 22.2 Å². The molecule has 1 N–H and O–H groups in total. The zero-order valence-electron chi connectivity index (χ0n) is 28.1. The first-order valence-corrected chi connectivity index (χ1v) is 5.83. The zero-order valence-corrected chi connectivity index (χ0v) is 11.1. The normalized spacial score (nSPS) is 45.5. The average Bonchev–Trinajstić information content (AvgIpc) is 2.71. The van der Waals surface area contributed by atoms with E-state index in [2.05, 4.69) is 4.74 Å². The molecule has 0 radical (unpaired) electrons. The van der Waals surface area contributed by atoms with Crippen LogP contribution in [0.1, 0.15) is 66.6 Å². The average molecular weight is 295 g/mol. The third-order valence-electron chi connectivity index (χ3n) is 2.76. The van der Waals surface area contributed by atoms with Gasteiger partial charge < -0.3 is 14.7 Å². The van der Waals surface area contributed by atoms with Crippen molar-refractivity contribution in [1.29, 1.82) is 0 Å². The van der Waals surface area contributed by atoms with Crippen LogP contribution < -0.4 is 4.74 Å². The van der Waals surface area contributed by atoms with Gasteiger partial charge in [-0.15, -0.1) is 0 Å². The number of likely N-dealkylation sites (N-methyl/N-ethyl adjacent to an activating group) is 1. The minimum Gasteiger partial charge on any atom is -0.497 e. The highest BCUT2D eigenvalue weighted by molar-refractivity contribution is 5.31. The van der Waals surface area contributed by atoms with Crippen molar-refractivity contribution >= 4 is 0 Å². The van der Waals surface area contributed by atoms with Gasteiger partial charge in [-0.2, -0.15) is 0 Å². The maximum atomic E-state index is 11.8. The van der Waals surface area contributed by atoms with Gasteiger partial charge in [-0.3, -0.25) is 0 Å². The van der Waals surface area contributed by atoms with E-state index in [-0.39, 0.29) is 0 Å². The van der Waals surface area contributed by atoms with E-state index < -0.39 is 92.4 Å². The maximum Gasteiger partial charge on any atom is 0.118 e. The van der Waals surface area contributed by atoms with Crippen molar-refractivity contribution in [3.63, 3.8) is 0 Å². The molecule has 1 atom stereocenters. The molecule has 2 rings (SSSR count). The molecule has 112 valence electrons. The van der Waals surface area contributed by atoms with E-state index in [0.717, 1.165) is 0 Å². The molecule has 0 saturated heterocycles. The minimum atomic E-state index is -3.92. The first-order valence-electron chi connectivity index (χ1n) is 14.3. The number of aliphatic hydroxyl groups is 1. The molecular formula is C17H27NO2. The molecule has 0 bridgehead atoms. The fourth-order valence-electron chi connectivity index (χ4n) is 1.82. The molecule has 1 aliphatic carbocycles. The second-order valence-corrected chi connectivity index (χ2v) is 4.55. The van der Waals surface area contributed by atoms with E-state index in [1.54, 1.807) is 0 Å². The second-order valence-electron chi connectivity index (χ2n) is 4.55. The van der Waals surface area contributed by atoms with E-state index in [4.69, 9.17) is 23.3 Å². The molecule has 1 aromatic rings. The molecule has 0 spiro atoms. The highest BCUT2D eigenvalue weighted by Crippen LogP contribution is 2.40. The molecule has 1 saturated carbocycles. The molecule has 0 aliphatic heterocycles. The third kappa shape index (κ3) is 3.53. The standard InChI is InChI=1S/C17H27NO2/c1-18(2)13-16(17(19)11-5-4-6-12-17)14-7-9-15(20-3)10-8-14/h7-10,16,19H,4-6,11-13H2,1-3H3/t16-/m1/s1/i3D3,4D2,5D2,6D2,7D,8D,9D,10D,11D2,12D2. The molecule has 1 aliphatic rings. The SMILES string of the molecule is [2H]c1c([2H])c([C@@H](CN(C)C)C2(O)C([2H])([2H])C([2H])([2H])C([2H])([2H])C([2H])([2H])C2([2H])[2H])c([2H])c([2H])c1OC([2H])([2H])[2H]. The number of ether oxygens (including phenoxy) is 1. The van der Waals surface area contributed by atoms with E-state index >= 15 is 0 Å². The highest BCUT2D eigenvalue weighted by Gasteiger charge is 2.38. The Morgan fingerprint density at radius 2 is 2.00 bits per heavy atom. The lowest BCUT2D eigenvalue weighted by atomic mass is 9.72. The topological polar surface area (TPSA) is 32.7 Å². The summed E-state index contributed by atoms with van der Waals surface area (Å²) in [4.78, 5) is 1.21. The van der Waals surface area contributed by atoms with Crippen LogP contribution in [0.15, 0.2) is 24.2 Å². The fraction of sp³-hybridized carbons (Fsp3) is 0.647. The number of rotatable bonds is 5. The van der Waals surface area contributed by atoms with Crippen LogP contribution in [-0.4, -0.2) is 43.3 Å². The van der Waals surface area contributed by atoms with Crippen molar-refractivity contribution in [2.75, 3.05) is 27.7 Å². The molecule has 0 unspecified atom stereocenters. The van der Waals surface area contributed by atoms with Crippen molar-refractivity contribution < 1.29 is 33.1 Å². The first kappa shape index (κ1) is 4.47. The number of benzene rings is 1. The Labute approximate surface area is 146 Å². The molecule has 20 heavy (non-hydrogen) atoms. The summed E-state index contributed by atoms with van der Waals surface area (Å²) in [6, 6.07) is -4.28. The van der Waals surface area contributed by atoms with Gasteiger partial charge in [0, 0.05) is 26.2 Å². The van der Waals surface area contributed by atoms with Gasteiger partial charge in [0.15, 0.2) is 0 Å². The molecule has 3 heteroatoms. The van der Waals surface area contributed by atoms with Crippen molar-refractivity contribution in [2.45, 2.75) is 43.4 Å². The summed E-state index contributed by atoms with van der Waals surface area (Å²) in [5.41, 5.74) is -4.70. The molecule has 0 aromatic heterocycles. The van der Waals surface area contributed by atoms with Crippen LogP contribution in [0.3, 0.4) is 0 Å². The lowest BCUT2D eigenvalue weighted by molar-refractivity contribution is -0.0277. The lowest BCUT2D eigenvalue weighted by Gasteiger charge is -2.40. The molecule has 0 amide bonds. The van der Waals surface area contributed by atoms with Crippen LogP contribution in [0.4, 0.5) is 0 Å². The maximum absolute atomic E-state index is 11.8.